The van der Waals surface area contributed by atoms with Crippen LogP contribution in [0.15, 0.2) is 10.8 Å². The van der Waals surface area contributed by atoms with Gasteiger partial charge >= 0.3 is 5.97 Å². The number of oxazole rings is 1. The van der Waals surface area contributed by atoms with E-state index in [9.17, 15) is 14.0 Å². The number of carbonyl (C=O) groups is 2. The number of aryl methyl sites for hydroxylation is 1. The Labute approximate surface area is 96.0 Å². The van der Waals surface area contributed by atoms with Crippen LogP contribution in [-0.2, 0) is 4.79 Å². The summed E-state index contributed by atoms with van der Waals surface area (Å²) in [5, 5.41) is 8.71. The van der Waals surface area contributed by atoms with E-state index in [1.54, 1.807) is 6.92 Å². The number of hydrogen-bond donors (Lipinski definition) is 1. The summed E-state index contributed by atoms with van der Waals surface area (Å²) in [4.78, 5) is 27.5. The highest BCUT2D eigenvalue weighted by Crippen LogP contribution is 2.27. The van der Waals surface area contributed by atoms with Crippen molar-refractivity contribution in [1.82, 2.24) is 9.88 Å². The number of carboxylic acid groups (broad SMARTS) is 1. The van der Waals surface area contributed by atoms with Crippen LogP contribution in [0.25, 0.3) is 0 Å². The number of likely N-dealkylation sites (tertiary alicyclic amines) is 1. The molecule has 1 unspecified atom stereocenters. The molecule has 1 atom stereocenters. The molecule has 1 aromatic heterocycles. The maximum Gasteiger partial charge on any atom is 0.343 e. The van der Waals surface area contributed by atoms with Gasteiger partial charge in [-0.3, -0.25) is 4.79 Å². The van der Waals surface area contributed by atoms with E-state index in [-0.39, 0.29) is 18.7 Å². The summed E-state index contributed by atoms with van der Waals surface area (Å²) in [6.45, 7) is 1.19. The molecule has 0 aromatic carbocycles. The van der Waals surface area contributed by atoms with Crippen LogP contribution in [0.5, 0.6) is 0 Å². The van der Waals surface area contributed by atoms with Gasteiger partial charge in [-0.25, -0.2) is 14.2 Å². The van der Waals surface area contributed by atoms with E-state index in [1.165, 1.54) is 0 Å². The molecule has 1 aliphatic heterocycles. The van der Waals surface area contributed by atoms with E-state index >= 15 is 0 Å². The Kier molecular flexibility index (Phi) is 2.60. The first-order valence-electron chi connectivity index (χ1n) is 5.06. The predicted molar refractivity (Wildman–Crippen MR) is 53.2 cm³/mol. The highest BCUT2D eigenvalue weighted by Gasteiger charge is 2.47. The molecule has 6 nitrogen and oxygen atoms in total. The zero-order valence-electron chi connectivity index (χ0n) is 9.14. The van der Waals surface area contributed by atoms with Gasteiger partial charge in [0.05, 0.1) is 12.2 Å². The van der Waals surface area contributed by atoms with Crippen LogP contribution >= 0.6 is 0 Å². The molecule has 0 spiro atoms. The lowest BCUT2D eigenvalue weighted by atomic mass is 10.1. The molecular weight excluding hydrogens is 231 g/mol. The van der Waals surface area contributed by atoms with Crippen molar-refractivity contribution in [3.8, 4) is 0 Å². The summed E-state index contributed by atoms with van der Waals surface area (Å²) in [6, 6.07) is 0. The van der Waals surface area contributed by atoms with Crippen molar-refractivity contribution < 1.29 is 23.5 Å². The minimum Gasteiger partial charge on any atom is -0.479 e. The van der Waals surface area contributed by atoms with Crippen LogP contribution in [0.2, 0.25) is 0 Å². The number of carbonyl (C=O) groups excluding carboxylic acids is 1. The Hall–Kier alpha value is -1.92. The summed E-state index contributed by atoms with van der Waals surface area (Å²) < 4.78 is 18.6. The maximum atomic E-state index is 13.7. The first-order valence-corrected chi connectivity index (χ1v) is 5.06. The Morgan fingerprint density at radius 2 is 2.35 bits per heavy atom. The van der Waals surface area contributed by atoms with Gasteiger partial charge in [0.25, 0.3) is 5.91 Å². The Morgan fingerprint density at radius 3 is 2.82 bits per heavy atom. The van der Waals surface area contributed by atoms with Gasteiger partial charge < -0.3 is 14.4 Å². The topological polar surface area (TPSA) is 83.6 Å². The average Bonchev–Trinajstić information content (AvgIpc) is 2.85. The third kappa shape index (κ3) is 1.88. The van der Waals surface area contributed by atoms with Crippen LogP contribution in [0.3, 0.4) is 0 Å². The molecule has 7 heteroatoms. The smallest absolute Gasteiger partial charge is 0.343 e. The summed E-state index contributed by atoms with van der Waals surface area (Å²) in [6.07, 6.45) is 0.916. The van der Waals surface area contributed by atoms with Crippen LogP contribution in [0.1, 0.15) is 22.7 Å². The number of nitrogens with zero attached hydrogens (tertiary/aromatic N) is 2. The zero-order chi connectivity index (χ0) is 12.6. The van der Waals surface area contributed by atoms with Crippen molar-refractivity contribution in [3.63, 3.8) is 0 Å². The maximum absolute atomic E-state index is 13.7. The Morgan fingerprint density at radius 1 is 1.65 bits per heavy atom. The first kappa shape index (κ1) is 11.6. The van der Waals surface area contributed by atoms with Gasteiger partial charge in [0.15, 0.2) is 6.39 Å². The van der Waals surface area contributed by atoms with Crippen LogP contribution < -0.4 is 0 Å². The number of hydrogen-bond acceptors (Lipinski definition) is 4. The summed E-state index contributed by atoms with van der Waals surface area (Å²) in [7, 11) is 0. The second-order valence-corrected chi connectivity index (χ2v) is 4.01. The molecule has 1 saturated heterocycles. The van der Waals surface area contributed by atoms with Gasteiger partial charge in [-0.05, 0) is 6.92 Å². The number of rotatable bonds is 2. The van der Waals surface area contributed by atoms with Crippen molar-refractivity contribution in [2.45, 2.75) is 19.0 Å². The highest BCUT2D eigenvalue weighted by atomic mass is 19.1. The highest BCUT2D eigenvalue weighted by molar-refractivity contribution is 5.93. The average molecular weight is 242 g/mol. The molecule has 92 valence electrons. The number of amides is 1. The largest absolute Gasteiger partial charge is 0.479 e. The van der Waals surface area contributed by atoms with Crippen LogP contribution in [0.4, 0.5) is 4.39 Å². The molecule has 0 radical (unpaired) electrons. The standard InChI is InChI=1S/C10H11FN2O4/c1-6-7(17-5-12-6)8(14)13-3-2-10(11,4-13)9(15)16/h5H,2-4H2,1H3,(H,15,16). The fourth-order valence-electron chi connectivity index (χ4n) is 1.77. The minimum absolute atomic E-state index is 0.0274. The van der Waals surface area contributed by atoms with Crippen LogP contribution in [0, 0.1) is 6.92 Å². The van der Waals surface area contributed by atoms with Crippen molar-refractivity contribution in [2.75, 3.05) is 13.1 Å². The van der Waals surface area contributed by atoms with Crippen molar-refractivity contribution in [1.29, 1.82) is 0 Å². The van der Waals surface area contributed by atoms with E-state index in [0.717, 1.165) is 11.3 Å². The summed E-state index contributed by atoms with van der Waals surface area (Å²) in [5.74, 6) is -2.04. The van der Waals surface area contributed by atoms with E-state index in [2.05, 4.69) is 4.98 Å². The molecule has 2 heterocycles. The molecule has 0 aliphatic carbocycles. The molecule has 2 rings (SSSR count). The van der Waals surface area contributed by atoms with Crippen molar-refractivity contribution in [3.05, 3.63) is 17.8 Å². The number of halogens is 1. The SMILES string of the molecule is Cc1ncoc1C(=O)N1CCC(F)(C(=O)O)C1. The molecular formula is C10H11FN2O4. The van der Waals surface area contributed by atoms with E-state index in [0.29, 0.717) is 5.69 Å². The Balaban J connectivity index is 2.15. The summed E-state index contributed by atoms with van der Waals surface area (Å²) in [5.41, 5.74) is -1.95. The second kappa shape index (κ2) is 3.83. The summed E-state index contributed by atoms with van der Waals surface area (Å²) >= 11 is 0. The lowest BCUT2D eigenvalue weighted by molar-refractivity contribution is -0.149. The molecule has 1 aliphatic rings. The van der Waals surface area contributed by atoms with Gasteiger partial charge in [-0.2, -0.15) is 0 Å². The normalized spacial score (nSPS) is 24.0. The number of aromatic nitrogens is 1. The van der Waals surface area contributed by atoms with Crippen molar-refractivity contribution >= 4 is 11.9 Å². The molecule has 0 bridgehead atoms. The molecule has 1 amide bonds. The first-order chi connectivity index (χ1) is 7.94. The zero-order valence-corrected chi connectivity index (χ0v) is 9.14. The van der Waals surface area contributed by atoms with Gasteiger partial charge in [0.2, 0.25) is 11.4 Å². The molecule has 1 fully saturated rings. The quantitative estimate of drug-likeness (QED) is 0.821. The number of carboxylic acids is 1. The molecule has 1 N–H and O–H groups in total. The second-order valence-electron chi connectivity index (χ2n) is 4.01. The molecule has 0 saturated carbocycles. The van der Waals surface area contributed by atoms with Gasteiger partial charge in [0, 0.05) is 13.0 Å². The lowest BCUT2D eigenvalue weighted by Gasteiger charge is -2.16. The van der Waals surface area contributed by atoms with Gasteiger partial charge in [-0.15, -0.1) is 0 Å². The number of alkyl halides is 1. The minimum atomic E-state index is -2.36. The number of aliphatic carboxylic acids is 1. The monoisotopic (exact) mass is 242 g/mol. The fourth-order valence-corrected chi connectivity index (χ4v) is 1.77. The predicted octanol–water partition coefficient (Wildman–Crippen LogP) is 0.622. The van der Waals surface area contributed by atoms with Crippen LogP contribution in [-0.4, -0.2) is 45.6 Å². The fraction of sp³-hybridized carbons (Fsp3) is 0.500. The van der Waals surface area contributed by atoms with E-state index in [4.69, 9.17) is 9.52 Å². The third-order valence-electron chi connectivity index (χ3n) is 2.83. The lowest BCUT2D eigenvalue weighted by Crippen LogP contribution is -2.39. The third-order valence-corrected chi connectivity index (χ3v) is 2.83. The van der Waals surface area contributed by atoms with Gasteiger partial charge in [-0.1, -0.05) is 0 Å². The van der Waals surface area contributed by atoms with Crippen molar-refractivity contribution in [2.24, 2.45) is 0 Å². The molecule has 17 heavy (non-hydrogen) atoms. The Bertz CT molecular complexity index is 473. The van der Waals surface area contributed by atoms with Gasteiger partial charge in [0.1, 0.15) is 0 Å². The molecule has 1 aromatic rings. The van der Waals surface area contributed by atoms with E-state index in [1.807, 2.05) is 0 Å². The van der Waals surface area contributed by atoms with E-state index < -0.39 is 24.1 Å².